The average molecular weight is 288 g/mol. The first-order valence-corrected chi connectivity index (χ1v) is 6.18. The third-order valence-electron chi connectivity index (χ3n) is 3.27. The number of likely N-dealkylation sites (tertiary alicyclic amines) is 1. The Bertz CT molecular complexity index is 389. The molecule has 1 saturated heterocycles. The number of rotatable bonds is 2. The van der Waals surface area contributed by atoms with Gasteiger partial charge in [-0.15, -0.1) is 0 Å². The topological polar surface area (TPSA) is 39.5 Å². The van der Waals surface area contributed by atoms with Gasteiger partial charge in [0.15, 0.2) is 0 Å². The van der Waals surface area contributed by atoms with Gasteiger partial charge < -0.3 is 9.47 Å². The van der Waals surface area contributed by atoms with Crippen LogP contribution in [0.4, 0.5) is 0 Å². The Labute approximate surface area is 102 Å². The quantitative estimate of drug-likeness (QED) is 0.804. The molecule has 0 N–H and O–H groups in total. The van der Waals surface area contributed by atoms with Crippen molar-refractivity contribution in [2.45, 2.75) is 18.7 Å². The van der Waals surface area contributed by atoms with Crippen molar-refractivity contribution in [1.29, 1.82) is 0 Å². The van der Waals surface area contributed by atoms with E-state index in [2.05, 4.69) is 25.9 Å². The second-order valence-electron chi connectivity index (χ2n) is 4.26. The first-order valence-electron chi connectivity index (χ1n) is 5.39. The summed E-state index contributed by atoms with van der Waals surface area (Å²) in [6.07, 6.45) is 2.18. The van der Waals surface area contributed by atoms with E-state index >= 15 is 0 Å². The van der Waals surface area contributed by atoms with E-state index in [0.29, 0.717) is 12.1 Å². The second kappa shape index (κ2) is 4.01. The minimum Gasteiger partial charge on any atom is -0.475 e. The number of aromatic nitrogens is 2. The van der Waals surface area contributed by atoms with Gasteiger partial charge in [-0.1, -0.05) is 0 Å². The summed E-state index contributed by atoms with van der Waals surface area (Å²) in [4.78, 5) is 2.38. The van der Waals surface area contributed by atoms with Gasteiger partial charge in [0.1, 0.15) is 6.61 Å². The van der Waals surface area contributed by atoms with Gasteiger partial charge in [-0.05, 0) is 15.9 Å². The zero-order chi connectivity index (χ0) is 11.1. The van der Waals surface area contributed by atoms with Gasteiger partial charge in [-0.2, -0.15) is 5.10 Å². The third-order valence-corrected chi connectivity index (χ3v) is 3.82. The maximum absolute atomic E-state index is 5.70. The van der Waals surface area contributed by atoms with Crippen LogP contribution in [0.5, 0.6) is 5.88 Å². The molecule has 0 spiro atoms. The molecule has 0 bridgehead atoms. The summed E-state index contributed by atoms with van der Waals surface area (Å²) in [6, 6.07) is 0.422. The number of hydrogen-bond donors (Lipinski definition) is 0. The summed E-state index contributed by atoms with van der Waals surface area (Å²) < 4.78 is 13.8. The van der Waals surface area contributed by atoms with Crippen molar-refractivity contribution >= 4 is 15.9 Å². The lowest BCUT2D eigenvalue weighted by Gasteiger charge is -2.44. The van der Waals surface area contributed by atoms with Crippen molar-refractivity contribution in [2.75, 3.05) is 26.8 Å². The molecule has 0 saturated carbocycles. The highest BCUT2D eigenvalue weighted by molar-refractivity contribution is 9.10. The van der Waals surface area contributed by atoms with Gasteiger partial charge >= 0.3 is 0 Å². The van der Waals surface area contributed by atoms with Crippen LogP contribution in [-0.2, 0) is 11.3 Å². The number of hydrogen-bond acceptors (Lipinski definition) is 4. The molecule has 0 amide bonds. The van der Waals surface area contributed by atoms with Crippen LogP contribution in [0, 0.1) is 0 Å². The molecule has 88 valence electrons. The molecule has 0 radical (unpaired) electrons. The highest BCUT2D eigenvalue weighted by Gasteiger charge is 2.35. The van der Waals surface area contributed by atoms with E-state index in [1.54, 1.807) is 13.3 Å². The van der Waals surface area contributed by atoms with Crippen LogP contribution >= 0.6 is 15.9 Å². The number of halogens is 1. The van der Waals surface area contributed by atoms with Crippen LogP contribution in [0.2, 0.25) is 0 Å². The first kappa shape index (κ1) is 10.6. The summed E-state index contributed by atoms with van der Waals surface area (Å²) in [5, 5.41) is 4.27. The summed E-state index contributed by atoms with van der Waals surface area (Å²) in [7, 11) is 1.77. The summed E-state index contributed by atoms with van der Waals surface area (Å²) in [5.41, 5.74) is 0. The van der Waals surface area contributed by atoms with Gasteiger partial charge in [0.05, 0.1) is 29.4 Å². The Kier molecular flexibility index (Phi) is 2.65. The molecule has 2 aliphatic rings. The maximum atomic E-state index is 5.70. The largest absolute Gasteiger partial charge is 0.475 e. The smallest absolute Gasteiger partial charge is 0.226 e. The van der Waals surface area contributed by atoms with Crippen molar-refractivity contribution in [3.63, 3.8) is 0 Å². The Morgan fingerprint density at radius 1 is 1.50 bits per heavy atom. The fourth-order valence-electron chi connectivity index (χ4n) is 2.19. The maximum Gasteiger partial charge on any atom is 0.226 e. The normalized spacial score (nSPS) is 26.0. The molecule has 3 heterocycles. The molecule has 6 heteroatoms. The number of ether oxygens (including phenoxy) is 2. The van der Waals surface area contributed by atoms with Crippen LogP contribution in [0.3, 0.4) is 0 Å². The van der Waals surface area contributed by atoms with E-state index < -0.39 is 0 Å². The number of fused-ring (bicyclic) bond motifs is 1. The predicted molar refractivity (Wildman–Crippen MR) is 61.6 cm³/mol. The molecule has 0 aromatic carbocycles. The lowest BCUT2D eigenvalue weighted by atomic mass is 10.1. The molecule has 1 aromatic rings. The molecule has 1 atom stereocenters. The first-order chi connectivity index (χ1) is 7.78. The van der Waals surface area contributed by atoms with E-state index in [0.717, 1.165) is 36.6 Å². The molecule has 1 unspecified atom stereocenters. The second-order valence-corrected chi connectivity index (χ2v) is 5.11. The van der Waals surface area contributed by atoms with E-state index in [9.17, 15) is 0 Å². The molecule has 16 heavy (non-hydrogen) atoms. The van der Waals surface area contributed by atoms with Gasteiger partial charge in [-0.3, -0.25) is 4.90 Å². The molecule has 3 rings (SSSR count). The predicted octanol–water partition coefficient (Wildman–Crippen LogP) is 0.737. The van der Waals surface area contributed by atoms with Crippen molar-refractivity contribution in [2.24, 2.45) is 0 Å². The number of nitrogens with zero attached hydrogens (tertiary/aromatic N) is 3. The van der Waals surface area contributed by atoms with Crippen molar-refractivity contribution in [1.82, 2.24) is 14.7 Å². The van der Waals surface area contributed by atoms with Crippen LogP contribution in [0.25, 0.3) is 0 Å². The molecule has 5 nitrogen and oxygen atoms in total. The van der Waals surface area contributed by atoms with E-state index in [1.165, 1.54) is 0 Å². The van der Waals surface area contributed by atoms with E-state index in [4.69, 9.17) is 9.47 Å². The molecular formula is C10H14BrN3O2. The highest BCUT2D eigenvalue weighted by atomic mass is 79.9. The minimum absolute atomic E-state index is 0.394. The van der Waals surface area contributed by atoms with Crippen LogP contribution < -0.4 is 4.74 Å². The summed E-state index contributed by atoms with van der Waals surface area (Å²) in [5.74, 6) is 0.847. The van der Waals surface area contributed by atoms with Gasteiger partial charge in [0.25, 0.3) is 0 Å². The van der Waals surface area contributed by atoms with Crippen LogP contribution in [0.15, 0.2) is 10.7 Å². The monoisotopic (exact) mass is 287 g/mol. The fourth-order valence-corrected chi connectivity index (χ4v) is 2.60. The van der Waals surface area contributed by atoms with Crippen LogP contribution in [0.1, 0.15) is 0 Å². The van der Waals surface area contributed by atoms with Gasteiger partial charge in [-0.25, -0.2) is 4.68 Å². The Balaban J connectivity index is 1.65. The van der Waals surface area contributed by atoms with Crippen molar-refractivity contribution in [3.05, 3.63) is 10.7 Å². The molecule has 1 fully saturated rings. The zero-order valence-corrected chi connectivity index (χ0v) is 10.7. The van der Waals surface area contributed by atoms with E-state index in [1.807, 2.05) is 4.68 Å². The zero-order valence-electron chi connectivity index (χ0n) is 9.10. The summed E-state index contributed by atoms with van der Waals surface area (Å²) >= 11 is 3.42. The molecule has 2 aliphatic heterocycles. The molecule has 0 aliphatic carbocycles. The standard InChI is InChI=1S/C10H14BrN3O2/c1-15-8-4-13(5-8)7-3-14-10(16-6-7)9(11)2-12-14/h2,7-8H,3-6H2,1H3. The third kappa shape index (κ3) is 1.65. The average Bonchev–Trinajstić information content (AvgIpc) is 2.59. The number of methoxy groups -OCH3 is 1. The Morgan fingerprint density at radius 2 is 2.31 bits per heavy atom. The Hall–Kier alpha value is -0.590. The lowest BCUT2D eigenvalue weighted by Crippen LogP contribution is -2.59. The minimum atomic E-state index is 0.394. The fraction of sp³-hybridized carbons (Fsp3) is 0.700. The van der Waals surface area contributed by atoms with Crippen molar-refractivity contribution < 1.29 is 9.47 Å². The lowest BCUT2D eigenvalue weighted by molar-refractivity contribution is -0.0684. The highest BCUT2D eigenvalue weighted by Crippen LogP contribution is 2.29. The van der Waals surface area contributed by atoms with Gasteiger partial charge in [0, 0.05) is 20.2 Å². The van der Waals surface area contributed by atoms with Crippen molar-refractivity contribution in [3.8, 4) is 5.88 Å². The molecular weight excluding hydrogens is 274 g/mol. The van der Waals surface area contributed by atoms with Gasteiger partial charge in [0.2, 0.25) is 5.88 Å². The van der Waals surface area contributed by atoms with Crippen LogP contribution in [-0.4, -0.2) is 53.6 Å². The SMILES string of the molecule is COC1CN(C2COc3c(Br)cnn3C2)C1. The summed E-state index contributed by atoms with van der Waals surface area (Å²) in [6.45, 7) is 3.64. The Morgan fingerprint density at radius 3 is 3.06 bits per heavy atom. The van der Waals surface area contributed by atoms with E-state index in [-0.39, 0.29) is 0 Å². The molecule has 1 aromatic heterocycles.